The molecule has 1 heterocycles. The second-order valence-corrected chi connectivity index (χ2v) is 3.11. The molecule has 3 nitrogen and oxygen atoms in total. The quantitative estimate of drug-likeness (QED) is 0.678. The van der Waals surface area contributed by atoms with E-state index in [2.05, 4.69) is 17.6 Å². The van der Waals surface area contributed by atoms with Crippen molar-refractivity contribution >= 4 is 5.82 Å². The van der Waals surface area contributed by atoms with Gasteiger partial charge in [-0.05, 0) is 18.6 Å². The molecule has 0 N–H and O–H groups in total. The van der Waals surface area contributed by atoms with Gasteiger partial charge in [0, 0.05) is 19.8 Å². The molecule has 0 amide bonds. The first kappa shape index (κ1) is 10.3. The van der Waals surface area contributed by atoms with Gasteiger partial charge < -0.3 is 4.90 Å². The maximum Gasteiger partial charge on any atom is 0.146 e. The molecule has 0 aliphatic rings. The lowest BCUT2D eigenvalue weighted by molar-refractivity contribution is 0.982. The highest BCUT2D eigenvalue weighted by Gasteiger charge is 2.09. The van der Waals surface area contributed by atoms with Crippen LogP contribution in [0.3, 0.4) is 0 Å². The van der Waals surface area contributed by atoms with E-state index in [1.807, 2.05) is 24.9 Å². The third-order valence-corrected chi connectivity index (χ3v) is 2.02. The minimum Gasteiger partial charge on any atom is -0.355 e. The van der Waals surface area contributed by atoms with Crippen LogP contribution in [0, 0.1) is 18.3 Å². The van der Waals surface area contributed by atoms with Crippen LogP contribution >= 0.6 is 0 Å². The van der Waals surface area contributed by atoms with Crippen molar-refractivity contribution in [2.45, 2.75) is 6.92 Å². The SMILES string of the molecule is C=CCN(C)c1nccc(C)c1C#N. The zero-order valence-corrected chi connectivity index (χ0v) is 8.49. The highest BCUT2D eigenvalue weighted by atomic mass is 15.2. The molecular formula is C11H13N3. The number of aromatic nitrogens is 1. The lowest BCUT2D eigenvalue weighted by atomic mass is 10.1. The van der Waals surface area contributed by atoms with E-state index in [9.17, 15) is 0 Å². The van der Waals surface area contributed by atoms with Crippen molar-refractivity contribution in [2.24, 2.45) is 0 Å². The maximum absolute atomic E-state index is 8.97. The molecule has 0 saturated heterocycles. The molecule has 0 fully saturated rings. The molecule has 0 bridgehead atoms. The van der Waals surface area contributed by atoms with Gasteiger partial charge in [0.2, 0.25) is 0 Å². The Hall–Kier alpha value is -1.82. The number of hydrogen-bond donors (Lipinski definition) is 0. The first-order valence-electron chi connectivity index (χ1n) is 4.38. The van der Waals surface area contributed by atoms with Gasteiger partial charge >= 0.3 is 0 Å². The van der Waals surface area contributed by atoms with Crippen molar-refractivity contribution in [3.63, 3.8) is 0 Å². The Bertz CT molecular complexity index is 377. The van der Waals surface area contributed by atoms with Crippen LogP contribution in [0.2, 0.25) is 0 Å². The third-order valence-electron chi connectivity index (χ3n) is 2.02. The lowest BCUT2D eigenvalue weighted by Gasteiger charge is -2.17. The number of hydrogen-bond acceptors (Lipinski definition) is 3. The molecule has 14 heavy (non-hydrogen) atoms. The average molecular weight is 187 g/mol. The molecule has 1 aromatic rings. The molecule has 1 rings (SSSR count). The topological polar surface area (TPSA) is 39.9 Å². The molecule has 0 atom stereocenters. The highest BCUT2D eigenvalue weighted by molar-refractivity contribution is 5.56. The van der Waals surface area contributed by atoms with E-state index in [4.69, 9.17) is 5.26 Å². The molecule has 0 saturated carbocycles. The average Bonchev–Trinajstić information content (AvgIpc) is 2.17. The summed E-state index contributed by atoms with van der Waals surface area (Å²) in [6, 6.07) is 4.00. The highest BCUT2D eigenvalue weighted by Crippen LogP contribution is 2.18. The Kier molecular flexibility index (Phi) is 3.24. The normalized spacial score (nSPS) is 9.21. The van der Waals surface area contributed by atoms with Crippen molar-refractivity contribution in [1.29, 1.82) is 5.26 Å². The van der Waals surface area contributed by atoms with Crippen molar-refractivity contribution in [3.8, 4) is 6.07 Å². The van der Waals surface area contributed by atoms with E-state index < -0.39 is 0 Å². The van der Waals surface area contributed by atoms with Crippen LogP contribution in [-0.2, 0) is 0 Å². The lowest BCUT2D eigenvalue weighted by Crippen LogP contribution is -2.19. The van der Waals surface area contributed by atoms with Crippen LogP contribution in [-0.4, -0.2) is 18.6 Å². The van der Waals surface area contributed by atoms with Crippen LogP contribution in [0.15, 0.2) is 24.9 Å². The summed E-state index contributed by atoms with van der Waals surface area (Å²) < 4.78 is 0. The van der Waals surface area contributed by atoms with E-state index in [0.29, 0.717) is 17.9 Å². The van der Waals surface area contributed by atoms with Crippen LogP contribution in [0.5, 0.6) is 0 Å². The number of pyridine rings is 1. The summed E-state index contributed by atoms with van der Waals surface area (Å²) in [5.74, 6) is 0.715. The molecule has 0 aliphatic carbocycles. The fourth-order valence-electron chi connectivity index (χ4n) is 1.25. The Balaban J connectivity index is 3.14. The summed E-state index contributed by atoms with van der Waals surface area (Å²) in [6.45, 7) is 6.25. The number of nitrogens with zero attached hydrogens (tertiary/aromatic N) is 3. The zero-order chi connectivity index (χ0) is 10.6. The van der Waals surface area contributed by atoms with Crippen molar-refractivity contribution < 1.29 is 0 Å². The Morgan fingerprint density at radius 2 is 2.43 bits per heavy atom. The van der Waals surface area contributed by atoms with Crippen LogP contribution in [0.25, 0.3) is 0 Å². The summed E-state index contributed by atoms with van der Waals surface area (Å²) in [4.78, 5) is 6.09. The van der Waals surface area contributed by atoms with E-state index in [0.717, 1.165) is 5.56 Å². The fraction of sp³-hybridized carbons (Fsp3) is 0.273. The van der Waals surface area contributed by atoms with Crippen LogP contribution < -0.4 is 4.90 Å². The van der Waals surface area contributed by atoms with Gasteiger partial charge in [-0.1, -0.05) is 6.08 Å². The second-order valence-electron chi connectivity index (χ2n) is 3.11. The summed E-state index contributed by atoms with van der Waals surface area (Å²) in [7, 11) is 1.89. The Labute approximate surface area is 84.3 Å². The van der Waals surface area contributed by atoms with Gasteiger partial charge in [0.1, 0.15) is 11.9 Å². The van der Waals surface area contributed by atoms with Gasteiger partial charge in [0.15, 0.2) is 0 Å². The number of aryl methyl sites for hydroxylation is 1. The van der Waals surface area contributed by atoms with Crippen LogP contribution in [0.4, 0.5) is 5.82 Å². The van der Waals surface area contributed by atoms with Gasteiger partial charge in [-0.15, -0.1) is 6.58 Å². The fourth-order valence-corrected chi connectivity index (χ4v) is 1.25. The molecule has 0 radical (unpaired) electrons. The van der Waals surface area contributed by atoms with Gasteiger partial charge in [-0.25, -0.2) is 4.98 Å². The predicted octanol–water partition coefficient (Wildman–Crippen LogP) is 1.88. The van der Waals surface area contributed by atoms with E-state index in [1.54, 1.807) is 12.3 Å². The minimum absolute atomic E-state index is 0.636. The largest absolute Gasteiger partial charge is 0.355 e. The molecule has 72 valence electrons. The summed E-state index contributed by atoms with van der Waals surface area (Å²) in [5, 5.41) is 8.97. The van der Waals surface area contributed by atoms with Crippen molar-refractivity contribution in [1.82, 2.24) is 4.98 Å². The van der Waals surface area contributed by atoms with Gasteiger partial charge in [-0.2, -0.15) is 5.26 Å². The minimum atomic E-state index is 0.636. The third kappa shape index (κ3) is 1.91. The predicted molar refractivity (Wildman–Crippen MR) is 57.2 cm³/mol. The number of anilines is 1. The monoisotopic (exact) mass is 187 g/mol. The number of rotatable bonds is 3. The van der Waals surface area contributed by atoms with Gasteiger partial charge in [-0.3, -0.25) is 0 Å². The molecule has 0 aromatic carbocycles. The van der Waals surface area contributed by atoms with E-state index in [-0.39, 0.29) is 0 Å². The first-order chi connectivity index (χ1) is 6.70. The maximum atomic E-state index is 8.97. The number of likely N-dealkylation sites (N-methyl/N-ethyl adjacent to an activating group) is 1. The van der Waals surface area contributed by atoms with E-state index >= 15 is 0 Å². The van der Waals surface area contributed by atoms with Crippen LogP contribution in [0.1, 0.15) is 11.1 Å². The Morgan fingerprint density at radius 1 is 1.71 bits per heavy atom. The van der Waals surface area contributed by atoms with Gasteiger partial charge in [0.25, 0.3) is 0 Å². The molecule has 3 heteroatoms. The molecule has 0 unspecified atom stereocenters. The first-order valence-corrected chi connectivity index (χ1v) is 4.38. The van der Waals surface area contributed by atoms with Gasteiger partial charge in [0.05, 0.1) is 5.56 Å². The molecular weight excluding hydrogens is 174 g/mol. The zero-order valence-electron chi connectivity index (χ0n) is 8.49. The molecule has 1 aromatic heterocycles. The molecule has 0 spiro atoms. The number of nitriles is 1. The smallest absolute Gasteiger partial charge is 0.146 e. The second kappa shape index (κ2) is 4.43. The summed E-state index contributed by atoms with van der Waals surface area (Å²) in [6.07, 6.45) is 3.50. The van der Waals surface area contributed by atoms with Crippen molar-refractivity contribution in [3.05, 3.63) is 36.0 Å². The summed E-state index contributed by atoms with van der Waals surface area (Å²) >= 11 is 0. The standard InChI is InChI=1S/C11H13N3/c1-4-7-14(3)11-10(8-12)9(2)5-6-13-11/h4-6H,1,7H2,2-3H3. The van der Waals surface area contributed by atoms with Crippen molar-refractivity contribution in [2.75, 3.05) is 18.5 Å². The van der Waals surface area contributed by atoms with E-state index in [1.165, 1.54) is 0 Å². The Morgan fingerprint density at radius 3 is 3.00 bits per heavy atom. The summed E-state index contributed by atoms with van der Waals surface area (Å²) in [5.41, 5.74) is 1.59. The molecule has 0 aliphatic heterocycles.